The summed E-state index contributed by atoms with van der Waals surface area (Å²) >= 11 is 0. The molecular weight excluding hydrogens is 222 g/mol. The Balaban J connectivity index is 2.23. The zero-order chi connectivity index (χ0) is 13.0. The number of nitrogens with one attached hydrogen (secondary N) is 1. The first-order valence-corrected chi connectivity index (χ1v) is 6.20. The van der Waals surface area contributed by atoms with Crippen LogP contribution in [0.1, 0.15) is 22.7 Å². The summed E-state index contributed by atoms with van der Waals surface area (Å²) in [6.07, 6.45) is 0. The summed E-state index contributed by atoms with van der Waals surface area (Å²) in [4.78, 5) is 0. The highest BCUT2D eigenvalue weighted by Gasteiger charge is 2.12. The van der Waals surface area contributed by atoms with Gasteiger partial charge in [-0.25, -0.2) is 0 Å². The molecule has 2 heteroatoms. The Labute approximate surface area is 108 Å². The molecule has 0 bridgehead atoms. The van der Waals surface area contributed by atoms with Gasteiger partial charge in [0.15, 0.2) is 0 Å². The van der Waals surface area contributed by atoms with Gasteiger partial charge >= 0.3 is 0 Å². The first-order chi connectivity index (χ1) is 8.70. The van der Waals surface area contributed by atoms with Crippen molar-refractivity contribution < 1.29 is 5.11 Å². The van der Waals surface area contributed by atoms with Gasteiger partial charge in [-0.2, -0.15) is 0 Å². The fraction of sp³-hybridized carbons (Fsp3) is 0.250. The molecule has 0 saturated heterocycles. The molecule has 0 heterocycles. The average Bonchev–Trinajstić information content (AvgIpc) is 2.38. The maximum atomic E-state index is 9.57. The Morgan fingerprint density at radius 1 is 1.06 bits per heavy atom. The van der Waals surface area contributed by atoms with Crippen molar-refractivity contribution in [3.8, 4) is 0 Å². The molecule has 1 unspecified atom stereocenters. The van der Waals surface area contributed by atoms with Crippen LogP contribution in [0.3, 0.4) is 0 Å². The average molecular weight is 241 g/mol. The first kappa shape index (κ1) is 12.7. The van der Waals surface area contributed by atoms with E-state index in [1.807, 2.05) is 30.3 Å². The van der Waals surface area contributed by atoms with Gasteiger partial charge in [0, 0.05) is 5.69 Å². The fourth-order valence-electron chi connectivity index (χ4n) is 2.17. The lowest BCUT2D eigenvalue weighted by Crippen LogP contribution is -2.16. The highest BCUT2D eigenvalue weighted by Crippen LogP contribution is 2.22. The standard InChI is InChI=1S/C16H19NO/c1-12-8-9-15(13(2)10-12)16(11-18)17-14-6-4-3-5-7-14/h3-10,16-18H,11H2,1-2H3. The van der Waals surface area contributed by atoms with E-state index in [1.165, 1.54) is 11.1 Å². The quantitative estimate of drug-likeness (QED) is 0.859. The maximum absolute atomic E-state index is 9.57. The second kappa shape index (κ2) is 5.69. The summed E-state index contributed by atoms with van der Waals surface area (Å²) in [5.74, 6) is 0. The SMILES string of the molecule is Cc1ccc(C(CO)Nc2ccccc2)c(C)c1. The van der Waals surface area contributed by atoms with Crippen molar-refractivity contribution in [1.29, 1.82) is 0 Å². The second-order valence-corrected chi connectivity index (χ2v) is 4.61. The van der Waals surface area contributed by atoms with Crippen LogP contribution < -0.4 is 5.32 Å². The van der Waals surface area contributed by atoms with Crippen molar-refractivity contribution in [2.24, 2.45) is 0 Å². The number of aliphatic hydroxyl groups is 1. The number of anilines is 1. The minimum Gasteiger partial charge on any atom is -0.394 e. The summed E-state index contributed by atoms with van der Waals surface area (Å²) in [5.41, 5.74) is 4.62. The van der Waals surface area contributed by atoms with E-state index in [1.54, 1.807) is 0 Å². The molecule has 0 aliphatic carbocycles. The van der Waals surface area contributed by atoms with Crippen LogP contribution in [0.25, 0.3) is 0 Å². The monoisotopic (exact) mass is 241 g/mol. The molecule has 0 aliphatic rings. The molecule has 0 radical (unpaired) electrons. The van der Waals surface area contributed by atoms with E-state index in [-0.39, 0.29) is 12.6 Å². The third-order valence-corrected chi connectivity index (χ3v) is 3.10. The molecule has 2 nitrogen and oxygen atoms in total. The molecule has 2 rings (SSSR count). The van der Waals surface area contributed by atoms with Crippen LogP contribution in [-0.4, -0.2) is 11.7 Å². The highest BCUT2D eigenvalue weighted by molar-refractivity contribution is 5.46. The predicted molar refractivity (Wildman–Crippen MR) is 75.8 cm³/mol. The molecule has 2 N–H and O–H groups in total. The molecular formula is C16H19NO. The van der Waals surface area contributed by atoms with Gasteiger partial charge in [-0.15, -0.1) is 0 Å². The summed E-state index contributed by atoms with van der Waals surface area (Å²) < 4.78 is 0. The topological polar surface area (TPSA) is 32.3 Å². The summed E-state index contributed by atoms with van der Waals surface area (Å²) in [6, 6.07) is 16.2. The Morgan fingerprint density at radius 3 is 2.39 bits per heavy atom. The van der Waals surface area contributed by atoms with Crippen LogP contribution in [-0.2, 0) is 0 Å². The van der Waals surface area contributed by atoms with E-state index in [4.69, 9.17) is 0 Å². The van der Waals surface area contributed by atoms with Crippen molar-refractivity contribution >= 4 is 5.69 Å². The third kappa shape index (κ3) is 2.90. The van der Waals surface area contributed by atoms with Gasteiger partial charge in [-0.1, -0.05) is 42.0 Å². The van der Waals surface area contributed by atoms with Gasteiger partial charge < -0.3 is 10.4 Å². The lowest BCUT2D eigenvalue weighted by Gasteiger charge is -2.20. The van der Waals surface area contributed by atoms with E-state index < -0.39 is 0 Å². The minimum atomic E-state index is -0.0620. The molecule has 94 valence electrons. The molecule has 0 amide bonds. The zero-order valence-corrected chi connectivity index (χ0v) is 10.9. The van der Waals surface area contributed by atoms with Gasteiger partial charge in [-0.05, 0) is 37.1 Å². The van der Waals surface area contributed by atoms with E-state index in [9.17, 15) is 5.11 Å². The Morgan fingerprint density at radius 2 is 1.78 bits per heavy atom. The van der Waals surface area contributed by atoms with Crippen LogP contribution in [0, 0.1) is 13.8 Å². The molecule has 2 aromatic rings. The Hall–Kier alpha value is -1.80. The number of benzene rings is 2. The van der Waals surface area contributed by atoms with Gasteiger partial charge in [0.1, 0.15) is 0 Å². The zero-order valence-electron chi connectivity index (χ0n) is 10.9. The number of hydrogen-bond acceptors (Lipinski definition) is 2. The third-order valence-electron chi connectivity index (χ3n) is 3.10. The number of hydrogen-bond donors (Lipinski definition) is 2. The van der Waals surface area contributed by atoms with Crippen molar-refractivity contribution in [2.75, 3.05) is 11.9 Å². The number of para-hydroxylation sites is 1. The van der Waals surface area contributed by atoms with Gasteiger partial charge in [0.25, 0.3) is 0 Å². The molecule has 0 aromatic heterocycles. The maximum Gasteiger partial charge on any atom is 0.0747 e. The van der Waals surface area contributed by atoms with Gasteiger partial charge in [0.05, 0.1) is 12.6 Å². The van der Waals surface area contributed by atoms with Crippen LogP contribution in [0.4, 0.5) is 5.69 Å². The second-order valence-electron chi connectivity index (χ2n) is 4.61. The van der Waals surface area contributed by atoms with Crippen LogP contribution in [0.15, 0.2) is 48.5 Å². The highest BCUT2D eigenvalue weighted by atomic mass is 16.3. The largest absolute Gasteiger partial charge is 0.394 e. The van der Waals surface area contributed by atoms with Crippen molar-refractivity contribution in [3.63, 3.8) is 0 Å². The lowest BCUT2D eigenvalue weighted by molar-refractivity contribution is 0.276. The smallest absolute Gasteiger partial charge is 0.0747 e. The van der Waals surface area contributed by atoms with Crippen LogP contribution >= 0.6 is 0 Å². The number of aryl methyl sites for hydroxylation is 2. The van der Waals surface area contributed by atoms with Crippen LogP contribution in [0.5, 0.6) is 0 Å². The van der Waals surface area contributed by atoms with Gasteiger partial charge in [0.2, 0.25) is 0 Å². The molecule has 0 spiro atoms. The molecule has 18 heavy (non-hydrogen) atoms. The minimum absolute atomic E-state index is 0.0620. The first-order valence-electron chi connectivity index (χ1n) is 6.20. The number of aliphatic hydroxyl groups excluding tert-OH is 1. The Kier molecular flexibility index (Phi) is 4.00. The van der Waals surface area contributed by atoms with Crippen LogP contribution in [0.2, 0.25) is 0 Å². The molecule has 0 aliphatic heterocycles. The fourth-order valence-corrected chi connectivity index (χ4v) is 2.17. The summed E-state index contributed by atoms with van der Waals surface area (Å²) in [6.45, 7) is 4.24. The Bertz CT molecular complexity index is 508. The predicted octanol–water partition coefficient (Wildman–Crippen LogP) is 3.45. The van der Waals surface area contributed by atoms with Crippen molar-refractivity contribution in [1.82, 2.24) is 0 Å². The summed E-state index contributed by atoms with van der Waals surface area (Å²) in [5, 5.41) is 12.9. The molecule has 2 aromatic carbocycles. The molecule has 0 fully saturated rings. The summed E-state index contributed by atoms with van der Waals surface area (Å²) in [7, 11) is 0. The normalized spacial score (nSPS) is 12.2. The number of rotatable bonds is 4. The van der Waals surface area contributed by atoms with Crippen molar-refractivity contribution in [3.05, 3.63) is 65.2 Å². The van der Waals surface area contributed by atoms with Crippen molar-refractivity contribution in [2.45, 2.75) is 19.9 Å². The van der Waals surface area contributed by atoms with E-state index in [0.717, 1.165) is 11.3 Å². The van der Waals surface area contributed by atoms with E-state index in [0.29, 0.717) is 0 Å². The van der Waals surface area contributed by atoms with E-state index >= 15 is 0 Å². The lowest BCUT2D eigenvalue weighted by atomic mass is 9.99. The van der Waals surface area contributed by atoms with Gasteiger partial charge in [-0.3, -0.25) is 0 Å². The van der Waals surface area contributed by atoms with E-state index in [2.05, 4.69) is 37.4 Å². The molecule has 1 atom stereocenters. The molecule has 0 saturated carbocycles.